The molecule has 0 radical (unpaired) electrons. The van der Waals surface area contributed by atoms with Gasteiger partial charge in [0, 0.05) is 19.3 Å². The molecule has 0 aliphatic heterocycles. The maximum Gasteiger partial charge on any atom is 0.306 e. The topological polar surface area (TPSA) is 78.9 Å². The summed E-state index contributed by atoms with van der Waals surface area (Å²) >= 11 is 0. The molecule has 0 aromatic carbocycles. The number of esters is 3. The van der Waals surface area contributed by atoms with Gasteiger partial charge in [0.1, 0.15) is 13.2 Å². The normalized spacial score (nSPS) is 12.4. The van der Waals surface area contributed by atoms with Crippen LogP contribution in [0.15, 0.2) is 60.8 Å². The van der Waals surface area contributed by atoms with Crippen molar-refractivity contribution in [3.8, 4) is 0 Å². The second-order valence-electron chi connectivity index (χ2n) is 23.4. The largest absolute Gasteiger partial charge is 0.462 e. The summed E-state index contributed by atoms with van der Waals surface area (Å²) in [5, 5.41) is 0. The maximum atomic E-state index is 12.9. The number of hydrogen-bond donors (Lipinski definition) is 0. The zero-order chi connectivity index (χ0) is 57.1. The van der Waals surface area contributed by atoms with Crippen LogP contribution in [0.3, 0.4) is 0 Å². The Balaban J connectivity index is 4.29. The van der Waals surface area contributed by atoms with Crippen molar-refractivity contribution >= 4 is 17.9 Å². The summed E-state index contributed by atoms with van der Waals surface area (Å²) in [6.07, 6.45) is 86.7. The molecule has 0 aromatic rings. The first-order valence-electron chi connectivity index (χ1n) is 34.8. The van der Waals surface area contributed by atoms with Crippen LogP contribution in [0.25, 0.3) is 0 Å². The highest BCUT2D eigenvalue weighted by molar-refractivity contribution is 5.71. The van der Waals surface area contributed by atoms with Gasteiger partial charge in [0.15, 0.2) is 6.10 Å². The van der Waals surface area contributed by atoms with E-state index in [9.17, 15) is 14.4 Å². The van der Waals surface area contributed by atoms with Crippen LogP contribution in [0.2, 0.25) is 0 Å². The summed E-state index contributed by atoms with van der Waals surface area (Å²) in [7, 11) is 0. The highest BCUT2D eigenvalue weighted by Crippen LogP contribution is 2.18. The van der Waals surface area contributed by atoms with Crippen molar-refractivity contribution in [1.82, 2.24) is 0 Å². The molecule has 0 fully saturated rings. The molecule has 0 saturated carbocycles. The highest BCUT2D eigenvalue weighted by atomic mass is 16.6. The first kappa shape index (κ1) is 76.1. The number of allylic oxidation sites excluding steroid dienone is 10. The van der Waals surface area contributed by atoms with Gasteiger partial charge >= 0.3 is 17.9 Å². The van der Waals surface area contributed by atoms with E-state index in [-0.39, 0.29) is 31.1 Å². The summed E-state index contributed by atoms with van der Waals surface area (Å²) < 4.78 is 17.0. The molecule has 460 valence electrons. The van der Waals surface area contributed by atoms with Crippen LogP contribution in [0, 0.1) is 0 Å². The second-order valence-corrected chi connectivity index (χ2v) is 23.4. The van der Waals surface area contributed by atoms with Crippen molar-refractivity contribution < 1.29 is 28.6 Å². The molecule has 0 bridgehead atoms. The number of carbonyl (C=O) groups is 3. The fourth-order valence-corrected chi connectivity index (χ4v) is 10.3. The predicted molar refractivity (Wildman–Crippen MR) is 344 cm³/mol. The minimum absolute atomic E-state index is 0.0773. The molecule has 0 aliphatic carbocycles. The Morgan fingerprint density at radius 2 is 0.494 bits per heavy atom. The van der Waals surface area contributed by atoms with Crippen molar-refractivity contribution in [3.63, 3.8) is 0 Å². The van der Waals surface area contributed by atoms with Crippen molar-refractivity contribution in [3.05, 3.63) is 60.8 Å². The van der Waals surface area contributed by atoms with Crippen molar-refractivity contribution in [1.29, 1.82) is 0 Å². The summed E-state index contributed by atoms with van der Waals surface area (Å²) in [6.45, 7) is 6.56. The monoisotopic (exact) mass is 1110 g/mol. The van der Waals surface area contributed by atoms with Gasteiger partial charge in [-0.15, -0.1) is 0 Å². The Hall–Kier alpha value is -2.89. The minimum atomic E-state index is -0.783. The van der Waals surface area contributed by atoms with Gasteiger partial charge in [-0.05, 0) is 83.5 Å². The molecule has 0 aromatic heterocycles. The van der Waals surface area contributed by atoms with Crippen molar-refractivity contribution in [2.45, 2.75) is 374 Å². The van der Waals surface area contributed by atoms with Crippen LogP contribution < -0.4 is 0 Å². The van der Waals surface area contributed by atoms with Gasteiger partial charge in [-0.25, -0.2) is 0 Å². The Labute approximate surface area is 491 Å². The molecule has 0 heterocycles. The molecule has 1 atom stereocenters. The molecule has 0 rings (SSSR count). The van der Waals surface area contributed by atoms with E-state index in [1.54, 1.807) is 0 Å². The van der Waals surface area contributed by atoms with Crippen molar-refractivity contribution in [2.24, 2.45) is 0 Å². The predicted octanol–water partition coefficient (Wildman–Crippen LogP) is 23.9. The number of unbranched alkanes of at least 4 members (excludes halogenated alkanes) is 43. The fourth-order valence-electron chi connectivity index (χ4n) is 10.3. The Kier molecular flexibility index (Phi) is 65.1. The molecule has 79 heavy (non-hydrogen) atoms. The lowest BCUT2D eigenvalue weighted by Crippen LogP contribution is -2.30. The van der Waals surface area contributed by atoms with Crippen LogP contribution >= 0.6 is 0 Å². The molecule has 0 amide bonds. The molecule has 6 heteroatoms. The van der Waals surface area contributed by atoms with Gasteiger partial charge in [0.2, 0.25) is 0 Å². The van der Waals surface area contributed by atoms with Crippen molar-refractivity contribution in [2.75, 3.05) is 13.2 Å². The van der Waals surface area contributed by atoms with E-state index in [0.29, 0.717) is 19.3 Å². The van der Waals surface area contributed by atoms with Gasteiger partial charge in [0.05, 0.1) is 0 Å². The Morgan fingerprint density at radius 3 is 0.785 bits per heavy atom. The Morgan fingerprint density at radius 1 is 0.266 bits per heavy atom. The van der Waals surface area contributed by atoms with E-state index >= 15 is 0 Å². The SMILES string of the molecule is CC/C=C\C/C=C\C/C=C\CCCCCCCCCC(=O)OCC(COC(=O)CCCCCCCCCCCCCCCCCCCCCCCCCCCC)OC(=O)CCCCCCCCC/C=C\C/C=C\CCCCCC. The molecular formula is C73H132O6. The standard InChI is InChI=1S/C73H132O6/c1-4-7-10-13-16-19-22-25-28-31-33-34-35-36-37-38-39-40-43-45-48-51-54-57-60-63-66-72(75)78-69-70(68-77-71(74)65-62-59-56-53-50-47-44-41-30-27-24-21-18-15-12-9-6-3)79-73(76)67-64-61-58-55-52-49-46-42-32-29-26-23-20-17-14-11-8-5-2/h9,12,18,20-21,23,27,29-30,32,70H,4-8,10-11,13-17,19,22,24-26,28,31,33-69H2,1-3H3/b12-9-,21-18-,23-20-,30-27-,32-29-. The van der Waals surface area contributed by atoms with Gasteiger partial charge in [-0.3, -0.25) is 14.4 Å². The second kappa shape index (κ2) is 67.6. The third kappa shape index (κ3) is 65.8. The third-order valence-corrected chi connectivity index (χ3v) is 15.5. The Bertz CT molecular complexity index is 1410. The zero-order valence-electron chi connectivity index (χ0n) is 52.9. The first-order chi connectivity index (χ1) is 39.0. The van der Waals surface area contributed by atoms with Crippen LogP contribution in [0.1, 0.15) is 367 Å². The van der Waals surface area contributed by atoms with E-state index in [0.717, 1.165) is 96.3 Å². The molecule has 1 unspecified atom stereocenters. The number of carbonyl (C=O) groups excluding carboxylic acids is 3. The molecule has 0 aliphatic rings. The number of hydrogen-bond acceptors (Lipinski definition) is 6. The molecule has 0 saturated heterocycles. The summed E-state index contributed by atoms with van der Waals surface area (Å²) in [5.41, 5.74) is 0. The lowest BCUT2D eigenvalue weighted by atomic mass is 10.0. The number of ether oxygens (including phenoxy) is 3. The smallest absolute Gasteiger partial charge is 0.306 e. The fraction of sp³-hybridized carbons (Fsp3) is 0.822. The molecular weight excluding hydrogens is 973 g/mol. The van der Waals surface area contributed by atoms with Gasteiger partial charge < -0.3 is 14.2 Å². The van der Waals surface area contributed by atoms with Crippen LogP contribution in [0.4, 0.5) is 0 Å². The average molecular weight is 1110 g/mol. The molecule has 6 nitrogen and oxygen atoms in total. The highest BCUT2D eigenvalue weighted by Gasteiger charge is 2.19. The summed E-state index contributed by atoms with van der Waals surface area (Å²) in [5.74, 6) is -0.873. The van der Waals surface area contributed by atoms with E-state index in [4.69, 9.17) is 14.2 Å². The summed E-state index contributed by atoms with van der Waals surface area (Å²) in [6, 6.07) is 0. The van der Waals surface area contributed by atoms with E-state index in [2.05, 4.69) is 81.5 Å². The van der Waals surface area contributed by atoms with E-state index in [1.807, 2.05) is 0 Å². The first-order valence-corrected chi connectivity index (χ1v) is 34.8. The van der Waals surface area contributed by atoms with E-state index in [1.165, 1.54) is 231 Å². The lowest BCUT2D eigenvalue weighted by molar-refractivity contribution is -0.167. The van der Waals surface area contributed by atoms with Gasteiger partial charge in [-0.2, -0.15) is 0 Å². The quantitative estimate of drug-likeness (QED) is 0.0261. The maximum absolute atomic E-state index is 12.9. The number of rotatable bonds is 64. The average Bonchev–Trinajstić information content (AvgIpc) is 3.45. The third-order valence-electron chi connectivity index (χ3n) is 15.5. The minimum Gasteiger partial charge on any atom is -0.462 e. The lowest BCUT2D eigenvalue weighted by Gasteiger charge is -2.18. The molecule has 0 N–H and O–H groups in total. The van der Waals surface area contributed by atoms with Gasteiger partial charge in [0.25, 0.3) is 0 Å². The summed E-state index contributed by atoms with van der Waals surface area (Å²) in [4.78, 5) is 38.4. The zero-order valence-corrected chi connectivity index (χ0v) is 52.9. The van der Waals surface area contributed by atoms with Crippen LogP contribution in [0.5, 0.6) is 0 Å². The molecule has 0 spiro atoms. The van der Waals surface area contributed by atoms with E-state index < -0.39 is 6.10 Å². The van der Waals surface area contributed by atoms with Gasteiger partial charge in [-0.1, -0.05) is 326 Å². The van der Waals surface area contributed by atoms with Crippen LogP contribution in [-0.2, 0) is 28.6 Å². The van der Waals surface area contributed by atoms with Crippen LogP contribution in [-0.4, -0.2) is 37.2 Å².